The molecule has 2 fully saturated rings. The predicted octanol–water partition coefficient (Wildman–Crippen LogP) is 1.98. The van der Waals surface area contributed by atoms with E-state index in [1.54, 1.807) is 0 Å². The van der Waals surface area contributed by atoms with Gasteiger partial charge in [0.1, 0.15) is 10.7 Å². The number of hydrogen-bond acceptors (Lipinski definition) is 3. The number of rotatable bonds is 5. The third-order valence-electron chi connectivity index (χ3n) is 3.94. The Labute approximate surface area is 107 Å². The van der Waals surface area contributed by atoms with Gasteiger partial charge in [-0.1, -0.05) is 36.7 Å². The smallest absolute Gasteiger partial charge is 0.143 e. The minimum atomic E-state index is 0.393. The molecule has 3 rings (SSSR count). The molecule has 1 aromatic heterocycles. The first-order valence-electron chi connectivity index (χ1n) is 6.49. The second-order valence-electron chi connectivity index (χ2n) is 5.27. The molecule has 0 saturated heterocycles. The molecule has 0 radical (unpaired) electrons. The first-order valence-corrected chi connectivity index (χ1v) is 6.89. The molecule has 2 aliphatic carbocycles. The zero-order valence-electron chi connectivity index (χ0n) is 9.93. The summed E-state index contributed by atoms with van der Waals surface area (Å²) >= 11 is 5.06. The fraction of sp³-hybridized carbons (Fsp3) is 0.750. The van der Waals surface area contributed by atoms with Crippen molar-refractivity contribution >= 4 is 17.2 Å². The molecular weight excluding hydrogens is 232 g/mol. The molecule has 1 aromatic rings. The quantitative estimate of drug-likeness (QED) is 0.812. The largest absolute Gasteiger partial charge is 0.388 e. The van der Waals surface area contributed by atoms with Crippen LogP contribution in [-0.4, -0.2) is 20.0 Å². The van der Waals surface area contributed by atoms with Gasteiger partial charge in [-0.25, -0.2) is 4.68 Å². The van der Waals surface area contributed by atoms with E-state index in [-0.39, 0.29) is 0 Å². The summed E-state index contributed by atoms with van der Waals surface area (Å²) in [5.41, 5.74) is 7.69. The van der Waals surface area contributed by atoms with Crippen LogP contribution in [0.3, 0.4) is 0 Å². The molecule has 0 amide bonds. The molecule has 17 heavy (non-hydrogen) atoms. The predicted molar refractivity (Wildman–Crippen MR) is 69.8 cm³/mol. The van der Waals surface area contributed by atoms with Crippen molar-refractivity contribution in [2.24, 2.45) is 11.7 Å². The summed E-state index contributed by atoms with van der Waals surface area (Å²) in [5.74, 6) is 1.50. The van der Waals surface area contributed by atoms with Crippen LogP contribution in [0.15, 0.2) is 0 Å². The summed E-state index contributed by atoms with van der Waals surface area (Å²) in [6.07, 6.45) is 7.75. The lowest BCUT2D eigenvalue weighted by Crippen LogP contribution is -2.21. The van der Waals surface area contributed by atoms with E-state index >= 15 is 0 Å². The van der Waals surface area contributed by atoms with Crippen LogP contribution in [0.5, 0.6) is 0 Å². The second kappa shape index (κ2) is 4.37. The van der Waals surface area contributed by atoms with Crippen LogP contribution in [0.25, 0.3) is 0 Å². The highest BCUT2D eigenvalue weighted by atomic mass is 32.1. The lowest BCUT2D eigenvalue weighted by Gasteiger charge is -2.26. The van der Waals surface area contributed by atoms with Crippen LogP contribution in [0, 0.1) is 5.92 Å². The number of thiocarbonyl (C=S) groups is 1. The van der Waals surface area contributed by atoms with Gasteiger partial charge < -0.3 is 5.73 Å². The Morgan fingerprint density at radius 1 is 1.35 bits per heavy atom. The van der Waals surface area contributed by atoms with Gasteiger partial charge in [-0.15, -0.1) is 5.10 Å². The first-order chi connectivity index (χ1) is 8.25. The molecular formula is C12H18N4S. The Hall–Kier alpha value is -0.970. The van der Waals surface area contributed by atoms with Crippen LogP contribution < -0.4 is 5.73 Å². The number of hydrogen-bond donors (Lipinski definition) is 1. The minimum Gasteiger partial charge on any atom is -0.388 e. The van der Waals surface area contributed by atoms with Crippen LogP contribution in [0.4, 0.5) is 0 Å². The van der Waals surface area contributed by atoms with Gasteiger partial charge in [0.15, 0.2) is 0 Å². The van der Waals surface area contributed by atoms with Crippen molar-refractivity contribution in [1.29, 1.82) is 0 Å². The average Bonchev–Trinajstić information content (AvgIpc) is 2.95. The summed E-state index contributed by atoms with van der Waals surface area (Å²) < 4.78 is 2.05. The van der Waals surface area contributed by atoms with E-state index in [1.807, 2.05) is 0 Å². The molecule has 0 aromatic carbocycles. The van der Waals surface area contributed by atoms with Gasteiger partial charge in [-0.3, -0.25) is 0 Å². The number of nitrogens with two attached hydrogens (primary N) is 1. The molecule has 1 heterocycles. The third kappa shape index (κ3) is 2.20. The van der Waals surface area contributed by atoms with E-state index in [0.717, 1.165) is 18.2 Å². The highest BCUT2D eigenvalue weighted by Crippen LogP contribution is 2.38. The highest BCUT2D eigenvalue weighted by Gasteiger charge is 2.29. The summed E-state index contributed by atoms with van der Waals surface area (Å²) in [7, 11) is 0. The molecule has 92 valence electrons. The number of nitrogens with zero attached hydrogens (tertiary/aromatic N) is 3. The van der Waals surface area contributed by atoms with E-state index in [1.165, 1.54) is 44.2 Å². The molecule has 4 nitrogen and oxygen atoms in total. The molecule has 5 heteroatoms. The van der Waals surface area contributed by atoms with E-state index < -0.39 is 0 Å². The van der Waals surface area contributed by atoms with Gasteiger partial charge in [0.2, 0.25) is 0 Å². The van der Waals surface area contributed by atoms with Crippen molar-refractivity contribution < 1.29 is 0 Å². The zero-order chi connectivity index (χ0) is 11.8. The standard InChI is InChI=1S/C12H18N4S/c13-12(17)10-11(9-2-1-3-9)16(15-14-10)7-6-8-4-5-8/h8-9H,1-7H2,(H2,13,17). The Balaban J connectivity index is 1.82. The van der Waals surface area contributed by atoms with Gasteiger partial charge in [-0.2, -0.15) is 0 Å². The van der Waals surface area contributed by atoms with Crippen LogP contribution in [0.1, 0.15) is 55.8 Å². The molecule has 0 unspecified atom stereocenters. The molecule has 0 spiro atoms. The Bertz CT molecular complexity index is 432. The van der Waals surface area contributed by atoms with Crippen molar-refractivity contribution in [2.75, 3.05) is 0 Å². The van der Waals surface area contributed by atoms with Crippen LogP contribution in [0.2, 0.25) is 0 Å². The SMILES string of the molecule is NC(=S)c1nnn(CCC2CC2)c1C1CCC1. The lowest BCUT2D eigenvalue weighted by molar-refractivity contribution is 0.382. The fourth-order valence-corrected chi connectivity index (χ4v) is 2.60. The van der Waals surface area contributed by atoms with Crippen molar-refractivity contribution in [3.05, 3.63) is 11.4 Å². The van der Waals surface area contributed by atoms with Gasteiger partial charge in [0.25, 0.3) is 0 Å². The van der Waals surface area contributed by atoms with Crippen LogP contribution >= 0.6 is 12.2 Å². The third-order valence-corrected chi connectivity index (χ3v) is 4.14. The molecule has 2 N–H and O–H groups in total. The highest BCUT2D eigenvalue weighted by molar-refractivity contribution is 7.80. The first kappa shape index (κ1) is 11.1. The summed E-state index contributed by atoms with van der Waals surface area (Å²) in [6.45, 7) is 0.978. The Morgan fingerprint density at radius 3 is 2.65 bits per heavy atom. The van der Waals surface area contributed by atoms with Crippen molar-refractivity contribution in [3.63, 3.8) is 0 Å². The van der Waals surface area contributed by atoms with Gasteiger partial charge in [-0.05, 0) is 25.2 Å². The molecule has 0 bridgehead atoms. The van der Waals surface area contributed by atoms with Crippen molar-refractivity contribution in [1.82, 2.24) is 15.0 Å². The van der Waals surface area contributed by atoms with Crippen LogP contribution in [-0.2, 0) is 6.54 Å². The number of aryl methyl sites for hydroxylation is 1. The molecule has 0 aliphatic heterocycles. The fourth-order valence-electron chi connectivity index (χ4n) is 2.46. The topological polar surface area (TPSA) is 56.7 Å². The summed E-state index contributed by atoms with van der Waals surface area (Å²) in [6, 6.07) is 0. The monoisotopic (exact) mass is 250 g/mol. The maximum absolute atomic E-state index is 5.73. The van der Waals surface area contributed by atoms with Gasteiger partial charge in [0, 0.05) is 12.5 Å². The molecule has 2 aliphatic rings. The zero-order valence-corrected chi connectivity index (χ0v) is 10.7. The summed E-state index contributed by atoms with van der Waals surface area (Å²) in [5, 5.41) is 8.40. The molecule has 2 saturated carbocycles. The minimum absolute atomic E-state index is 0.393. The maximum Gasteiger partial charge on any atom is 0.143 e. The Kier molecular flexibility index (Phi) is 2.86. The maximum atomic E-state index is 5.73. The van der Waals surface area contributed by atoms with Crippen molar-refractivity contribution in [3.8, 4) is 0 Å². The van der Waals surface area contributed by atoms with Gasteiger partial charge in [0.05, 0.1) is 5.69 Å². The van der Waals surface area contributed by atoms with Gasteiger partial charge >= 0.3 is 0 Å². The van der Waals surface area contributed by atoms with E-state index in [4.69, 9.17) is 18.0 Å². The average molecular weight is 250 g/mol. The van der Waals surface area contributed by atoms with Crippen molar-refractivity contribution in [2.45, 2.75) is 51.0 Å². The normalized spacial score (nSPS) is 20.2. The Morgan fingerprint density at radius 2 is 2.12 bits per heavy atom. The van der Waals surface area contributed by atoms with E-state index in [2.05, 4.69) is 15.0 Å². The summed E-state index contributed by atoms with van der Waals surface area (Å²) in [4.78, 5) is 0.393. The van der Waals surface area contributed by atoms with E-state index in [9.17, 15) is 0 Å². The molecule has 0 atom stereocenters. The second-order valence-corrected chi connectivity index (χ2v) is 5.71. The lowest BCUT2D eigenvalue weighted by atomic mass is 9.82. The van der Waals surface area contributed by atoms with E-state index in [0.29, 0.717) is 10.9 Å². The number of aromatic nitrogens is 3.